The van der Waals surface area contributed by atoms with Gasteiger partial charge in [0.1, 0.15) is 0 Å². The highest BCUT2D eigenvalue weighted by Crippen LogP contribution is 2.43. The van der Waals surface area contributed by atoms with Crippen LogP contribution in [0.2, 0.25) is 0 Å². The van der Waals surface area contributed by atoms with Crippen molar-refractivity contribution in [3.8, 4) is 22.9 Å². The van der Waals surface area contributed by atoms with Gasteiger partial charge in [-0.15, -0.1) is 0 Å². The lowest BCUT2D eigenvalue weighted by Crippen LogP contribution is -2.04. The minimum Gasteiger partial charge on any atom is -0.309 e. The number of benzene rings is 8. The van der Waals surface area contributed by atoms with Crippen LogP contribution in [0, 0.1) is 0 Å². The van der Waals surface area contributed by atoms with Gasteiger partial charge in [-0.05, 0) is 46.5 Å². The zero-order valence-electron chi connectivity index (χ0n) is 27.0. The van der Waals surface area contributed by atoms with Gasteiger partial charge in [0, 0.05) is 37.9 Å². The van der Waals surface area contributed by atoms with Gasteiger partial charge in [-0.3, -0.25) is 4.57 Å². The fourth-order valence-electron chi connectivity index (χ4n) is 8.19. The van der Waals surface area contributed by atoms with E-state index in [1.807, 2.05) is 6.07 Å². The zero-order valence-corrected chi connectivity index (χ0v) is 27.0. The van der Waals surface area contributed by atoms with Crippen molar-refractivity contribution in [3.63, 3.8) is 0 Å². The van der Waals surface area contributed by atoms with E-state index < -0.39 is 0 Å². The summed E-state index contributed by atoms with van der Waals surface area (Å²) in [5, 5.41) is 10.8. The number of rotatable bonds is 3. The predicted molar refractivity (Wildman–Crippen MR) is 209 cm³/mol. The summed E-state index contributed by atoms with van der Waals surface area (Å²) in [5.74, 6) is 0.656. The van der Waals surface area contributed by atoms with Crippen molar-refractivity contribution in [3.05, 3.63) is 170 Å². The van der Waals surface area contributed by atoms with Crippen LogP contribution in [0.4, 0.5) is 0 Å². The minimum absolute atomic E-state index is 0.656. The van der Waals surface area contributed by atoms with Crippen molar-refractivity contribution >= 4 is 76.1 Å². The summed E-state index contributed by atoms with van der Waals surface area (Å²) in [6.07, 6.45) is 0. The molecule has 50 heavy (non-hydrogen) atoms. The SMILES string of the molecule is c1ccc(-c2nc(-n3c4ccccc4c4c5ccccc5c(-n5c6ccccc6c6c7ccccc7ccc65)cc43)nc3ccccc23)cc1. The number of para-hydroxylation sites is 3. The van der Waals surface area contributed by atoms with E-state index in [0.29, 0.717) is 5.95 Å². The van der Waals surface area contributed by atoms with Crippen molar-refractivity contribution in [1.82, 2.24) is 19.1 Å². The van der Waals surface area contributed by atoms with Gasteiger partial charge in [-0.1, -0.05) is 140 Å². The highest BCUT2D eigenvalue weighted by molar-refractivity contribution is 6.25. The average molecular weight is 637 g/mol. The molecule has 4 heteroatoms. The zero-order chi connectivity index (χ0) is 32.8. The fraction of sp³-hybridized carbons (Fsp3) is 0. The van der Waals surface area contributed by atoms with Crippen molar-refractivity contribution in [2.24, 2.45) is 0 Å². The molecule has 0 aliphatic carbocycles. The second kappa shape index (κ2) is 10.4. The molecule has 0 unspecified atom stereocenters. The van der Waals surface area contributed by atoms with Crippen molar-refractivity contribution in [2.75, 3.05) is 0 Å². The van der Waals surface area contributed by atoms with Crippen LogP contribution in [-0.2, 0) is 0 Å². The Morgan fingerprint density at radius 1 is 0.360 bits per heavy atom. The first-order valence-corrected chi connectivity index (χ1v) is 17.0. The molecule has 232 valence electrons. The van der Waals surface area contributed by atoms with Crippen molar-refractivity contribution < 1.29 is 0 Å². The molecule has 0 aliphatic rings. The average Bonchev–Trinajstić information content (AvgIpc) is 3.71. The first-order valence-electron chi connectivity index (χ1n) is 17.0. The summed E-state index contributed by atoms with van der Waals surface area (Å²) in [4.78, 5) is 10.6. The smallest absolute Gasteiger partial charge is 0.235 e. The van der Waals surface area contributed by atoms with Crippen LogP contribution in [0.5, 0.6) is 0 Å². The Labute approximate surface area is 287 Å². The molecule has 0 bridgehead atoms. The Hall–Kier alpha value is -6.78. The van der Waals surface area contributed by atoms with E-state index in [4.69, 9.17) is 9.97 Å². The van der Waals surface area contributed by atoms with Gasteiger partial charge < -0.3 is 4.57 Å². The molecule has 0 N–H and O–H groups in total. The van der Waals surface area contributed by atoms with Gasteiger partial charge in [-0.2, -0.15) is 0 Å². The molecule has 11 aromatic rings. The highest BCUT2D eigenvalue weighted by atomic mass is 15.2. The van der Waals surface area contributed by atoms with Crippen LogP contribution in [0.25, 0.3) is 99.0 Å². The van der Waals surface area contributed by atoms with Crippen LogP contribution in [-0.4, -0.2) is 19.1 Å². The third-order valence-corrected chi connectivity index (χ3v) is 10.3. The maximum atomic E-state index is 5.37. The maximum absolute atomic E-state index is 5.37. The van der Waals surface area contributed by atoms with Crippen LogP contribution < -0.4 is 0 Å². The second-order valence-corrected chi connectivity index (χ2v) is 13.0. The summed E-state index contributed by atoms with van der Waals surface area (Å²) in [6.45, 7) is 0. The molecule has 3 heterocycles. The standard InChI is InChI=1S/C46H28N4/c1-2-15-30(16-3-1)45-34-20-8-11-23-37(34)47-46(48-45)50-39-25-13-10-22-36(39)44-33-19-7-6-18-32(33)41(28-42(44)50)49-38-24-12-9-21-35(38)43-31-17-5-4-14-29(31)26-27-40(43)49/h1-28H. The van der Waals surface area contributed by atoms with E-state index in [1.54, 1.807) is 0 Å². The molecule has 0 fully saturated rings. The summed E-state index contributed by atoms with van der Waals surface area (Å²) >= 11 is 0. The fourth-order valence-corrected chi connectivity index (χ4v) is 8.19. The minimum atomic E-state index is 0.656. The van der Waals surface area contributed by atoms with Crippen LogP contribution >= 0.6 is 0 Å². The number of hydrogen-bond donors (Lipinski definition) is 0. The number of fused-ring (bicyclic) bond motifs is 11. The third kappa shape index (κ3) is 3.76. The lowest BCUT2D eigenvalue weighted by molar-refractivity contribution is 1.01. The monoisotopic (exact) mass is 636 g/mol. The first-order chi connectivity index (χ1) is 24.8. The molecular weight excluding hydrogens is 609 g/mol. The van der Waals surface area contributed by atoms with Gasteiger partial charge >= 0.3 is 0 Å². The molecule has 0 spiro atoms. The van der Waals surface area contributed by atoms with Gasteiger partial charge in [0.25, 0.3) is 0 Å². The Morgan fingerprint density at radius 2 is 0.940 bits per heavy atom. The highest BCUT2D eigenvalue weighted by Gasteiger charge is 2.22. The van der Waals surface area contributed by atoms with E-state index in [2.05, 4.69) is 173 Å². The molecule has 4 nitrogen and oxygen atoms in total. The summed E-state index contributed by atoms with van der Waals surface area (Å²) in [6, 6.07) is 60.6. The molecule has 0 amide bonds. The molecule has 11 rings (SSSR count). The normalized spacial score (nSPS) is 12.0. The second-order valence-electron chi connectivity index (χ2n) is 13.0. The van der Waals surface area contributed by atoms with Crippen molar-refractivity contribution in [2.45, 2.75) is 0 Å². The lowest BCUT2D eigenvalue weighted by atomic mass is 10.0. The lowest BCUT2D eigenvalue weighted by Gasteiger charge is -2.15. The molecule has 0 saturated heterocycles. The Bertz CT molecular complexity index is 3150. The van der Waals surface area contributed by atoms with Gasteiger partial charge in [0.05, 0.1) is 39.0 Å². The first kappa shape index (κ1) is 27.2. The molecule has 0 radical (unpaired) electrons. The summed E-state index contributed by atoms with van der Waals surface area (Å²) in [7, 11) is 0. The van der Waals surface area contributed by atoms with E-state index in [-0.39, 0.29) is 0 Å². The molecule has 0 saturated carbocycles. The Balaban J connectivity index is 1.32. The van der Waals surface area contributed by atoms with Crippen molar-refractivity contribution in [1.29, 1.82) is 0 Å². The quantitative estimate of drug-likeness (QED) is 0.193. The van der Waals surface area contributed by atoms with Crippen LogP contribution in [0.1, 0.15) is 0 Å². The maximum Gasteiger partial charge on any atom is 0.235 e. The van der Waals surface area contributed by atoms with Gasteiger partial charge in [0.15, 0.2) is 0 Å². The van der Waals surface area contributed by atoms with E-state index in [1.165, 1.54) is 54.1 Å². The predicted octanol–water partition coefficient (Wildman–Crippen LogP) is 11.8. The number of hydrogen-bond acceptors (Lipinski definition) is 2. The largest absolute Gasteiger partial charge is 0.309 e. The van der Waals surface area contributed by atoms with E-state index in [0.717, 1.165) is 38.9 Å². The summed E-state index contributed by atoms with van der Waals surface area (Å²) in [5.41, 5.74) is 8.54. The van der Waals surface area contributed by atoms with Gasteiger partial charge in [-0.25, -0.2) is 9.97 Å². The molecule has 3 aromatic heterocycles. The van der Waals surface area contributed by atoms with Crippen LogP contribution in [0.15, 0.2) is 170 Å². The van der Waals surface area contributed by atoms with Gasteiger partial charge in [0.2, 0.25) is 5.95 Å². The molecule has 0 aliphatic heterocycles. The third-order valence-electron chi connectivity index (χ3n) is 10.3. The van der Waals surface area contributed by atoms with E-state index in [9.17, 15) is 0 Å². The summed E-state index contributed by atoms with van der Waals surface area (Å²) < 4.78 is 4.72. The van der Waals surface area contributed by atoms with E-state index >= 15 is 0 Å². The Kier molecular flexibility index (Phi) is 5.63. The van der Waals surface area contributed by atoms with Crippen LogP contribution in [0.3, 0.4) is 0 Å². The molecule has 0 atom stereocenters. The number of nitrogens with zero attached hydrogens (tertiary/aromatic N) is 4. The molecule has 8 aromatic carbocycles. The molecular formula is C46H28N4. The number of aromatic nitrogens is 4. The Morgan fingerprint density at radius 3 is 1.72 bits per heavy atom. The topological polar surface area (TPSA) is 35.6 Å².